The number of pyridine rings is 1. The van der Waals surface area contributed by atoms with Crippen molar-refractivity contribution in [2.45, 2.75) is 36.2 Å². The van der Waals surface area contributed by atoms with Gasteiger partial charge in [0.05, 0.1) is 0 Å². The van der Waals surface area contributed by atoms with Crippen LogP contribution in [-0.4, -0.2) is 25.5 Å². The van der Waals surface area contributed by atoms with Crippen molar-refractivity contribution in [2.24, 2.45) is 0 Å². The second kappa shape index (κ2) is 6.94. The number of carbonyl (C=O) groups is 1. The molecule has 1 aliphatic carbocycles. The summed E-state index contributed by atoms with van der Waals surface area (Å²) in [5.74, 6) is 1.69. The summed E-state index contributed by atoms with van der Waals surface area (Å²) >= 11 is 3.21. The molecule has 0 fully saturated rings. The molecule has 4 heterocycles. The van der Waals surface area contributed by atoms with E-state index in [0.717, 1.165) is 41.0 Å². The largest absolute Gasteiger partial charge is 0.328 e. The smallest absolute Gasteiger partial charge is 0.227 e. The van der Waals surface area contributed by atoms with Crippen LogP contribution < -0.4 is 5.32 Å². The maximum absolute atomic E-state index is 12.7. The van der Waals surface area contributed by atoms with Crippen LogP contribution >= 0.6 is 23.1 Å². The van der Waals surface area contributed by atoms with Crippen LogP contribution in [0, 0.1) is 0 Å². The van der Waals surface area contributed by atoms with E-state index in [2.05, 4.69) is 26.7 Å². The number of hydrogen-bond acceptors (Lipinski definition) is 7. The van der Waals surface area contributed by atoms with Gasteiger partial charge in [-0.25, -0.2) is 4.68 Å². The Hall–Kier alpha value is -2.45. The summed E-state index contributed by atoms with van der Waals surface area (Å²) in [7, 11) is 0. The number of hydrogen-bond donors (Lipinski definition) is 1. The molecule has 1 N–H and O–H groups in total. The third-order valence-electron chi connectivity index (χ3n) is 4.80. The van der Waals surface area contributed by atoms with E-state index in [4.69, 9.17) is 5.10 Å². The number of anilines is 1. The van der Waals surface area contributed by atoms with Gasteiger partial charge in [-0.1, -0.05) is 17.8 Å². The average molecular weight is 396 g/mol. The number of nitrogens with one attached hydrogen (secondary N) is 1. The molecule has 136 valence electrons. The van der Waals surface area contributed by atoms with Gasteiger partial charge in [0.15, 0.2) is 5.78 Å². The Balaban J connectivity index is 1.50. The quantitative estimate of drug-likeness (QED) is 0.672. The van der Waals surface area contributed by atoms with Gasteiger partial charge in [0.2, 0.25) is 11.1 Å². The minimum Gasteiger partial charge on any atom is -0.328 e. The number of Topliss-reactive ketones (excluding diaryl/α,β-unsaturated/α-hetero) is 1. The number of thioether (sulfide) groups is 1. The molecule has 1 unspecified atom stereocenters. The molecule has 0 aromatic carbocycles. The van der Waals surface area contributed by atoms with Crippen LogP contribution in [0.1, 0.15) is 36.4 Å². The molecule has 1 atom stereocenters. The second-order valence-corrected chi connectivity index (χ2v) is 8.29. The number of ketones is 1. The van der Waals surface area contributed by atoms with Gasteiger partial charge in [-0.05, 0) is 46.9 Å². The minimum atomic E-state index is -0.185. The number of aromatic nitrogens is 4. The second-order valence-electron chi connectivity index (χ2n) is 6.57. The number of nitrogens with zero attached hydrogens (tertiary/aromatic N) is 4. The van der Waals surface area contributed by atoms with Crippen LogP contribution in [0.5, 0.6) is 0 Å². The molecule has 8 heteroatoms. The molecule has 0 spiro atoms. The molecule has 1 aliphatic heterocycles. The Morgan fingerprint density at radius 1 is 1.33 bits per heavy atom. The fourth-order valence-corrected chi connectivity index (χ4v) is 5.01. The zero-order chi connectivity index (χ0) is 18.2. The minimum absolute atomic E-state index is 0.185. The molecule has 3 aromatic rings. The van der Waals surface area contributed by atoms with Crippen molar-refractivity contribution in [3.8, 4) is 0 Å². The first-order chi connectivity index (χ1) is 13.3. The van der Waals surface area contributed by atoms with Gasteiger partial charge in [-0.2, -0.15) is 16.3 Å². The van der Waals surface area contributed by atoms with Crippen molar-refractivity contribution < 1.29 is 4.79 Å². The zero-order valence-corrected chi connectivity index (χ0v) is 16.1. The summed E-state index contributed by atoms with van der Waals surface area (Å²) in [5, 5.41) is 12.9. The van der Waals surface area contributed by atoms with Crippen molar-refractivity contribution in [3.63, 3.8) is 0 Å². The van der Waals surface area contributed by atoms with Crippen LogP contribution in [0.4, 0.5) is 5.95 Å². The van der Waals surface area contributed by atoms with Crippen LogP contribution in [-0.2, 0) is 10.5 Å². The molecule has 0 saturated carbocycles. The average Bonchev–Trinajstić information content (AvgIpc) is 3.35. The number of carbonyl (C=O) groups excluding carboxylic acids is 1. The number of thiophene rings is 1. The van der Waals surface area contributed by atoms with E-state index in [1.807, 2.05) is 28.4 Å². The molecule has 0 radical (unpaired) electrons. The van der Waals surface area contributed by atoms with E-state index in [-0.39, 0.29) is 11.8 Å². The summed E-state index contributed by atoms with van der Waals surface area (Å²) < 4.78 is 1.87. The fourth-order valence-electron chi connectivity index (χ4n) is 3.57. The van der Waals surface area contributed by atoms with Gasteiger partial charge in [0.25, 0.3) is 0 Å². The summed E-state index contributed by atoms with van der Waals surface area (Å²) in [4.78, 5) is 21.5. The highest BCUT2D eigenvalue weighted by molar-refractivity contribution is 7.98. The van der Waals surface area contributed by atoms with Gasteiger partial charge in [0.1, 0.15) is 6.04 Å². The predicted molar refractivity (Wildman–Crippen MR) is 106 cm³/mol. The van der Waals surface area contributed by atoms with Crippen LogP contribution in [0.2, 0.25) is 0 Å². The van der Waals surface area contributed by atoms with E-state index < -0.39 is 0 Å². The lowest BCUT2D eigenvalue weighted by Crippen LogP contribution is -2.31. The third-order valence-corrected chi connectivity index (χ3v) is 6.41. The molecule has 0 amide bonds. The molecule has 2 aliphatic rings. The predicted octanol–water partition coefficient (Wildman–Crippen LogP) is 4.05. The first-order valence-electron chi connectivity index (χ1n) is 8.83. The van der Waals surface area contributed by atoms with E-state index >= 15 is 0 Å². The first-order valence-corrected chi connectivity index (χ1v) is 10.8. The molecule has 6 nitrogen and oxygen atoms in total. The molecular weight excluding hydrogens is 378 g/mol. The maximum Gasteiger partial charge on any atom is 0.227 e. The standard InChI is InChI=1S/C19H17N5OS2/c25-15-5-1-4-14-16(15)17(13-6-8-26-11-13)24-18(21-14)22-19(23-24)27-10-12-3-2-7-20-9-12/h2-3,6-9,11,17H,1,4-5,10H2,(H,21,22,23). The Kier molecular flexibility index (Phi) is 4.29. The molecule has 0 bridgehead atoms. The SMILES string of the molecule is O=C1CCCC2=C1C(c1ccsc1)n1nc(SCc3cccnc3)nc1N2. The summed E-state index contributed by atoms with van der Waals surface area (Å²) in [6.45, 7) is 0. The normalized spacial score (nSPS) is 18.8. The third kappa shape index (κ3) is 3.08. The highest BCUT2D eigenvalue weighted by atomic mass is 32.2. The van der Waals surface area contributed by atoms with Gasteiger partial charge < -0.3 is 5.32 Å². The summed E-state index contributed by atoms with van der Waals surface area (Å²) in [5.41, 5.74) is 4.08. The molecular formula is C19H17N5OS2. The number of fused-ring (bicyclic) bond motifs is 1. The topological polar surface area (TPSA) is 72.7 Å². The van der Waals surface area contributed by atoms with Crippen molar-refractivity contribution in [2.75, 3.05) is 5.32 Å². The molecule has 0 saturated heterocycles. The van der Waals surface area contributed by atoms with Crippen molar-refractivity contribution in [1.29, 1.82) is 0 Å². The van der Waals surface area contributed by atoms with Gasteiger partial charge >= 0.3 is 0 Å². The highest BCUT2D eigenvalue weighted by Crippen LogP contribution is 2.41. The lowest BCUT2D eigenvalue weighted by atomic mass is 9.86. The Bertz CT molecular complexity index is 1010. The summed E-state index contributed by atoms with van der Waals surface area (Å²) in [6, 6.07) is 5.86. The summed E-state index contributed by atoms with van der Waals surface area (Å²) in [6.07, 6.45) is 6.00. The van der Waals surface area contributed by atoms with Crippen molar-refractivity contribution >= 4 is 34.8 Å². The van der Waals surface area contributed by atoms with E-state index in [1.165, 1.54) is 0 Å². The van der Waals surface area contributed by atoms with Crippen molar-refractivity contribution in [3.05, 3.63) is 63.7 Å². The first kappa shape index (κ1) is 16.7. The van der Waals surface area contributed by atoms with Gasteiger partial charge in [-0.3, -0.25) is 9.78 Å². The van der Waals surface area contributed by atoms with Crippen LogP contribution in [0.25, 0.3) is 0 Å². The Morgan fingerprint density at radius 2 is 2.30 bits per heavy atom. The van der Waals surface area contributed by atoms with Crippen LogP contribution in [0.3, 0.4) is 0 Å². The van der Waals surface area contributed by atoms with Gasteiger partial charge in [-0.15, -0.1) is 5.10 Å². The Morgan fingerprint density at radius 3 is 3.11 bits per heavy atom. The fraction of sp³-hybridized carbons (Fsp3) is 0.263. The molecule has 27 heavy (non-hydrogen) atoms. The van der Waals surface area contributed by atoms with Gasteiger partial charge in [0, 0.05) is 35.8 Å². The zero-order valence-electron chi connectivity index (χ0n) is 14.5. The number of rotatable bonds is 4. The lowest BCUT2D eigenvalue weighted by Gasteiger charge is -2.31. The highest BCUT2D eigenvalue weighted by Gasteiger charge is 2.36. The number of allylic oxidation sites excluding steroid dienone is 2. The molecule has 3 aromatic heterocycles. The monoisotopic (exact) mass is 395 g/mol. The van der Waals surface area contributed by atoms with E-state index in [9.17, 15) is 4.79 Å². The Labute approximate surface area is 164 Å². The van der Waals surface area contributed by atoms with Crippen molar-refractivity contribution in [1.82, 2.24) is 19.7 Å². The van der Waals surface area contributed by atoms with E-state index in [0.29, 0.717) is 17.5 Å². The van der Waals surface area contributed by atoms with Crippen LogP contribution in [0.15, 0.2) is 57.8 Å². The van der Waals surface area contributed by atoms with E-state index in [1.54, 1.807) is 29.3 Å². The molecule has 5 rings (SSSR count). The lowest BCUT2D eigenvalue weighted by molar-refractivity contribution is -0.116. The maximum atomic E-state index is 12.7.